The molecule has 0 radical (unpaired) electrons. The highest BCUT2D eigenvalue weighted by atomic mass is 32.1. The van der Waals surface area contributed by atoms with Crippen molar-refractivity contribution in [1.82, 2.24) is 9.88 Å². The minimum atomic E-state index is -0.310. The predicted molar refractivity (Wildman–Crippen MR) is 92.3 cm³/mol. The maximum atomic E-state index is 11.5. The molecule has 23 heavy (non-hydrogen) atoms. The van der Waals surface area contributed by atoms with Crippen LogP contribution in [0.25, 0.3) is 0 Å². The van der Waals surface area contributed by atoms with Gasteiger partial charge in [0.05, 0.1) is 13.3 Å². The zero-order chi connectivity index (χ0) is 16.1. The highest BCUT2D eigenvalue weighted by Gasteiger charge is 2.20. The van der Waals surface area contributed by atoms with Gasteiger partial charge in [0.2, 0.25) is 0 Å². The van der Waals surface area contributed by atoms with Gasteiger partial charge in [-0.05, 0) is 12.0 Å². The number of carbonyl (C=O) groups excluding carboxylic acids is 1. The topological polar surface area (TPSA) is 45.7 Å². The summed E-state index contributed by atoms with van der Waals surface area (Å²) < 4.78 is 4.73. The molecule has 2 heterocycles. The van der Waals surface area contributed by atoms with Crippen LogP contribution < -0.4 is 4.90 Å². The molecule has 2 aromatic rings. The molecule has 1 aliphatic rings. The van der Waals surface area contributed by atoms with Crippen LogP contribution in [0.4, 0.5) is 5.13 Å². The summed E-state index contributed by atoms with van der Waals surface area (Å²) in [5, 5.41) is 0.910. The van der Waals surface area contributed by atoms with Crippen molar-refractivity contribution in [1.29, 1.82) is 0 Å². The number of anilines is 1. The summed E-state index contributed by atoms with van der Waals surface area (Å²) in [7, 11) is 1.40. The Bertz CT molecular complexity index is 636. The molecule has 0 saturated carbocycles. The van der Waals surface area contributed by atoms with Crippen LogP contribution in [-0.2, 0) is 11.2 Å². The minimum Gasteiger partial charge on any atom is -0.465 e. The summed E-state index contributed by atoms with van der Waals surface area (Å²) >= 11 is 1.41. The molecule has 1 aromatic heterocycles. The fourth-order valence-electron chi connectivity index (χ4n) is 2.70. The second-order valence-corrected chi connectivity index (χ2v) is 6.57. The molecule has 0 spiro atoms. The van der Waals surface area contributed by atoms with Gasteiger partial charge in [0, 0.05) is 32.7 Å². The molecule has 0 unspecified atom stereocenters. The van der Waals surface area contributed by atoms with Crippen molar-refractivity contribution in [3.8, 4) is 0 Å². The first-order chi connectivity index (χ1) is 11.3. The Balaban J connectivity index is 1.48. The SMILES string of the molecule is COC(=O)c1cnc(N2CCN(CCc3ccccc3)CC2)s1. The number of carbonyl (C=O) groups is 1. The van der Waals surface area contributed by atoms with Crippen molar-refractivity contribution in [3.05, 3.63) is 47.0 Å². The van der Waals surface area contributed by atoms with Gasteiger partial charge in [-0.25, -0.2) is 9.78 Å². The van der Waals surface area contributed by atoms with E-state index in [0.29, 0.717) is 4.88 Å². The fourth-order valence-corrected chi connectivity index (χ4v) is 3.59. The number of aromatic nitrogens is 1. The number of rotatable bonds is 5. The third-order valence-corrected chi connectivity index (χ3v) is 5.12. The highest BCUT2D eigenvalue weighted by Crippen LogP contribution is 2.24. The molecule has 0 bridgehead atoms. The molecule has 5 nitrogen and oxygen atoms in total. The van der Waals surface area contributed by atoms with Crippen LogP contribution >= 0.6 is 11.3 Å². The quantitative estimate of drug-likeness (QED) is 0.787. The van der Waals surface area contributed by atoms with E-state index in [-0.39, 0.29) is 5.97 Å². The molecule has 122 valence electrons. The Labute approximate surface area is 140 Å². The van der Waals surface area contributed by atoms with E-state index < -0.39 is 0 Å². The third-order valence-electron chi connectivity index (χ3n) is 4.08. The van der Waals surface area contributed by atoms with Crippen molar-refractivity contribution in [2.24, 2.45) is 0 Å². The average Bonchev–Trinajstić information content (AvgIpc) is 3.11. The molecule has 3 rings (SSSR count). The first kappa shape index (κ1) is 16.0. The summed E-state index contributed by atoms with van der Waals surface area (Å²) in [6.07, 6.45) is 2.69. The molecule has 1 fully saturated rings. The number of benzene rings is 1. The largest absolute Gasteiger partial charge is 0.465 e. The van der Waals surface area contributed by atoms with Crippen molar-refractivity contribution in [3.63, 3.8) is 0 Å². The summed E-state index contributed by atoms with van der Waals surface area (Å²) in [4.78, 5) is 21.2. The van der Waals surface area contributed by atoms with Crippen molar-refractivity contribution in [2.45, 2.75) is 6.42 Å². The van der Waals surface area contributed by atoms with Gasteiger partial charge in [0.25, 0.3) is 0 Å². The molecular formula is C17H21N3O2S. The second kappa shape index (κ2) is 7.57. The number of esters is 1. The molecular weight excluding hydrogens is 310 g/mol. The number of hydrogen-bond acceptors (Lipinski definition) is 6. The van der Waals surface area contributed by atoms with Gasteiger partial charge >= 0.3 is 5.97 Å². The Morgan fingerprint density at radius 3 is 2.65 bits per heavy atom. The van der Waals surface area contributed by atoms with Crippen LogP contribution in [-0.4, -0.2) is 55.7 Å². The molecule has 0 aliphatic carbocycles. The summed E-state index contributed by atoms with van der Waals surface area (Å²) in [5.74, 6) is -0.310. The van der Waals surface area contributed by atoms with Gasteiger partial charge in [0.15, 0.2) is 5.13 Å². The van der Waals surface area contributed by atoms with Gasteiger partial charge in [-0.1, -0.05) is 41.7 Å². The standard InChI is InChI=1S/C17H21N3O2S/c1-22-16(21)15-13-18-17(23-15)20-11-9-19(10-12-20)8-7-14-5-3-2-4-6-14/h2-6,13H,7-12H2,1H3. The molecule has 1 aromatic carbocycles. The van der Waals surface area contributed by atoms with E-state index in [1.807, 2.05) is 0 Å². The van der Waals surface area contributed by atoms with Crippen molar-refractivity contribution < 1.29 is 9.53 Å². The highest BCUT2D eigenvalue weighted by molar-refractivity contribution is 7.17. The van der Waals surface area contributed by atoms with Crippen molar-refractivity contribution in [2.75, 3.05) is 44.7 Å². The van der Waals surface area contributed by atoms with Crippen LogP contribution in [0.2, 0.25) is 0 Å². The van der Waals surface area contributed by atoms with E-state index in [1.54, 1.807) is 6.20 Å². The Morgan fingerprint density at radius 1 is 1.22 bits per heavy atom. The molecule has 0 amide bonds. The lowest BCUT2D eigenvalue weighted by Crippen LogP contribution is -2.46. The molecule has 0 atom stereocenters. The normalized spacial score (nSPS) is 15.6. The van der Waals surface area contributed by atoms with Crippen LogP contribution in [0.3, 0.4) is 0 Å². The third kappa shape index (κ3) is 4.09. The van der Waals surface area contributed by atoms with E-state index in [4.69, 9.17) is 4.74 Å². The Morgan fingerprint density at radius 2 is 1.96 bits per heavy atom. The van der Waals surface area contributed by atoms with Gasteiger partial charge in [-0.2, -0.15) is 0 Å². The number of hydrogen-bond donors (Lipinski definition) is 0. The maximum absolute atomic E-state index is 11.5. The van der Waals surface area contributed by atoms with E-state index >= 15 is 0 Å². The zero-order valence-corrected chi connectivity index (χ0v) is 14.1. The molecule has 1 aliphatic heterocycles. The molecule has 0 N–H and O–H groups in total. The average molecular weight is 331 g/mol. The summed E-state index contributed by atoms with van der Waals surface area (Å²) in [5.41, 5.74) is 1.39. The smallest absolute Gasteiger partial charge is 0.349 e. The predicted octanol–water partition coefficient (Wildman–Crippen LogP) is 2.29. The van der Waals surface area contributed by atoms with Gasteiger partial charge in [-0.3, -0.25) is 4.90 Å². The number of methoxy groups -OCH3 is 1. The van der Waals surface area contributed by atoms with Crippen LogP contribution in [0, 0.1) is 0 Å². The van der Waals surface area contributed by atoms with E-state index in [2.05, 4.69) is 45.1 Å². The zero-order valence-electron chi connectivity index (χ0n) is 13.3. The van der Waals surface area contributed by atoms with Crippen LogP contribution in [0.5, 0.6) is 0 Å². The monoisotopic (exact) mass is 331 g/mol. The van der Waals surface area contributed by atoms with Gasteiger partial charge in [0.1, 0.15) is 4.88 Å². The fraction of sp³-hybridized carbons (Fsp3) is 0.412. The number of piperazine rings is 1. The van der Waals surface area contributed by atoms with E-state index in [0.717, 1.165) is 44.3 Å². The number of thiazole rings is 1. The van der Waals surface area contributed by atoms with Crippen molar-refractivity contribution >= 4 is 22.4 Å². The first-order valence-corrected chi connectivity index (χ1v) is 8.63. The Kier molecular flexibility index (Phi) is 5.25. The van der Waals surface area contributed by atoms with Gasteiger partial charge < -0.3 is 9.64 Å². The van der Waals surface area contributed by atoms with Crippen LogP contribution in [0.15, 0.2) is 36.5 Å². The number of ether oxygens (including phenoxy) is 1. The second-order valence-electron chi connectivity index (χ2n) is 5.56. The minimum absolute atomic E-state index is 0.310. The van der Waals surface area contributed by atoms with E-state index in [1.165, 1.54) is 24.0 Å². The number of nitrogens with zero attached hydrogens (tertiary/aromatic N) is 3. The molecule has 6 heteroatoms. The lowest BCUT2D eigenvalue weighted by atomic mass is 10.1. The Hall–Kier alpha value is -1.92. The summed E-state index contributed by atoms with van der Waals surface area (Å²) in [6.45, 7) is 5.04. The van der Waals surface area contributed by atoms with E-state index in [9.17, 15) is 4.79 Å². The maximum Gasteiger partial charge on any atom is 0.349 e. The lowest BCUT2D eigenvalue weighted by molar-refractivity contribution is 0.0606. The lowest BCUT2D eigenvalue weighted by Gasteiger charge is -2.34. The summed E-state index contributed by atoms with van der Waals surface area (Å²) in [6, 6.07) is 10.6. The molecule has 1 saturated heterocycles. The first-order valence-electron chi connectivity index (χ1n) is 7.81. The van der Waals surface area contributed by atoms with Crippen LogP contribution in [0.1, 0.15) is 15.2 Å². The van der Waals surface area contributed by atoms with Gasteiger partial charge in [-0.15, -0.1) is 0 Å².